The third kappa shape index (κ3) is 3.81. The fraction of sp³-hybridized carbons (Fsp3) is 0.0476. The first kappa shape index (κ1) is 24.9. The van der Waals surface area contributed by atoms with Gasteiger partial charge in [-0.3, -0.25) is 0 Å². The van der Waals surface area contributed by atoms with E-state index in [9.17, 15) is 0 Å². The van der Waals surface area contributed by atoms with E-state index in [1.165, 1.54) is 55.0 Å². The van der Waals surface area contributed by atoms with Gasteiger partial charge in [0.2, 0.25) is 0 Å². The van der Waals surface area contributed by atoms with Gasteiger partial charge in [0.25, 0.3) is 0 Å². The van der Waals surface area contributed by atoms with Crippen molar-refractivity contribution in [3.8, 4) is 11.1 Å². The summed E-state index contributed by atoms with van der Waals surface area (Å²) in [5.74, 6) is 1.24. The fourth-order valence-corrected chi connectivity index (χ4v) is 7.27. The fourth-order valence-electron chi connectivity index (χ4n) is 7.27. The van der Waals surface area contributed by atoms with Gasteiger partial charge in [-0.15, -0.1) is 0 Å². The van der Waals surface area contributed by atoms with Crippen LogP contribution in [0.3, 0.4) is 0 Å². The molecule has 2 aliphatic carbocycles. The number of hydrogen-bond donors (Lipinski definition) is 0. The van der Waals surface area contributed by atoms with Crippen molar-refractivity contribution < 1.29 is 4.42 Å². The Balaban J connectivity index is 1.35. The minimum absolute atomic E-state index is 0.0870. The summed E-state index contributed by atoms with van der Waals surface area (Å²) in [4.78, 5) is 2.46. The second kappa shape index (κ2) is 10.00. The van der Waals surface area contributed by atoms with Crippen molar-refractivity contribution in [3.63, 3.8) is 0 Å². The molecule has 0 saturated carbocycles. The first-order valence-electron chi connectivity index (χ1n) is 15.3. The van der Waals surface area contributed by atoms with Gasteiger partial charge in [0.05, 0.1) is 5.69 Å². The molecule has 2 aliphatic rings. The van der Waals surface area contributed by atoms with Crippen molar-refractivity contribution in [2.45, 2.75) is 5.92 Å². The molecule has 2 heteroatoms. The van der Waals surface area contributed by atoms with E-state index >= 15 is 0 Å². The monoisotopic (exact) mass is 563 g/mol. The van der Waals surface area contributed by atoms with E-state index in [2.05, 4.69) is 169 Å². The predicted molar refractivity (Wildman–Crippen MR) is 184 cm³/mol. The molecule has 1 aromatic heterocycles. The van der Waals surface area contributed by atoms with Gasteiger partial charge in [-0.25, -0.2) is 0 Å². The van der Waals surface area contributed by atoms with Crippen LogP contribution < -0.4 is 4.90 Å². The number of hydrogen-bond acceptors (Lipinski definition) is 2. The molecule has 0 spiro atoms. The zero-order valence-electron chi connectivity index (χ0n) is 24.1. The molecule has 0 amide bonds. The molecule has 9 rings (SSSR count). The quantitative estimate of drug-likeness (QED) is 0.212. The molecule has 0 aliphatic heterocycles. The number of allylic oxidation sites excluding steroid dienone is 4. The highest BCUT2D eigenvalue weighted by molar-refractivity contribution is 6.08. The topological polar surface area (TPSA) is 16.4 Å². The van der Waals surface area contributed by atoms with E-state index in [4.69, 9.17) is 4.42 Å². The van der Waals surface area contributed by atoms with Crippen LogP contribution in [0.2, 0.25) is 0 Å². The summed E-state index contributed by atoms with van der Waals surface area (Å²) in [7, 11) is 0. The standard InChI is InChI=1S/C42H29NO/c1-2-17-30(18-3-1)43(38-25-11-16-29-14-5-7-20-32(29)38)39-27-37-41-35(33-23-10-15-28-13-4-6-19-31(28)33)24-12-26-40(41)44-42(37)36-22-9-8-21-34(36)39/h1-27,34,36H/t34-,36?/m1/s1. The minimum Gasteiger partial charge on any atom is -0.460 e. The lowest BCUT2D eigenvalue weighted by Gasteiger charge is -2.38. The van der Waals surface area contributed by atoms with Crippen LogP contribution in [0.15, 0.2) is 168 Å². The molecule has 0 fully saturated rings. The molecule has 2 atom stereocenters. The smallest absolute Gasteiger partial charge is 0.135 e. The van der Waals surface area contributed by atoms with E-state index in [0.29, 0.717) is 0 Å². The third-order valence-electron chi connectivity index (χ3n) is 9.21. The summed E-state index contributed by atoms with van der Waals surface area (Å²) < 4.78 is 6.80. The van der Waals surface area contributed by atoms with Crippen LogP contribution in [-0.2, 0) is 0 Å². The summed E-state index contributed by atoms with van der Waals surface area (Å²) in [5, 5.41) is 6.11. The molecule has 0 radical (unpaired) electrons. The van der Waals surface area contributed by atoms with E-state index in [0.717, 1.165) is 17.0 Å². The number of para-hydroxylation sites is 1. The van der Waals surface area contributed by atoms with Crippen molar-refractivity contribution >= 4 is 50.0 Å². The highest BCUT2D eigenvalue weighted by Gasteiger charge is 2.37. The first-order valence-corrected chi connectivity index (χ1v) is 15.3. The SMILES string of the molecule is C1=CC2c3oc4cccc(-c5cccc6ccccc56)c4c3C=C(N(c3ccccc3)c3cccc4ccccc34)[C@@H]2C=C1. The van der Waals surface area contributed by atoms with Crippen molar-refractivity contribution in [1.82, 2.24) is 0 Å². The van der Waals surface area contributed by atoms with Gasteiger partial charge in [0, 0.05) is 39.6 Å². The Kier molecular flexibility index (Phi) is 5.67. The second-order valence-electron chi connectivity index (χ2n) is 11.6. The second-order valence-corrected chi connectivity index (χ2v) is 11.6. The maximum atomic E-state index is 6.80. The average molecular weight is 564 g/mol. The molecular weight excluding hydrogens is 534 g/mol. The average Bonchev–Trinajstić information content (AvgIpc) is 3.48. The Bertz CT molecular complexity index is 2290. The van der Waals surface area contributed by atoms with E-state index < -0.39 is 0 Å². The molecule has 6 aromatic carbocycles. The van der Waals surface area contributed by atoms with E-state index in [1.54, 1.807) is 0 Å². The summed E-state index contributed by atoms with van der Waals surface area (Å²) in [5.41, 5.74) is 8.07. The summed E-state index contributed by atoms with van der Waals surface area (Å²) in [6, 6.07) is 47.8. The Hall–Kier alpha value is -5.60. The highest BCUT2D eigenvalue weighted by atomic mass is 16.3. The van der Waals surface area contributed by atoms with Crippen molar-refractivity contribution in [1.29, 1.82) is 0 Å². The van der Waals surface area contributed by atoms with Gasteiger partial charge in [0.15, 0.2) is 0 Å². The Morgan fingerprint density at radius 2 is 1.16 bits per heavy atom. The molecule has 1 heterocycles. The maximum absolute atomic E-state index is 6.80. The summed E-state index contributed by atoms with van der Waals surface area (Å²) >= 11 is 0. The Morgan fingerprint density at radius 1 is 0.523 bits per heavy atom. The highest BCUT2D eigenvalue weighted by Crippen LogP contribution is 2.51. The van der Waals surface area contributed by atoms with Gasteiger partial charge in [-0.05, 0) is 57.6 Å². The van der Waals surface area contributed by atoms with Gasteiger partial charge in [-0.1, -0.05) is 133 Å². The van der Waals surface area contributed by atoms with Crippen LogP contribution in [0, 0.1) is 5.92 Å². The molecule has 208 valence electrons. The van der Waals surface area contributed by atoms with Crippen LogP contribution in [0.4, 0.5) is 11.4 Å². The number of nitrogens with zero attached hydrogens (tertiary/aromatic N) is 1. The molecule has 7 aromatic rings. The number of anilines is 2. The minimum atomic E-state index is 0.0870. The largest absolute Gasteiger partial charge is 0.460 e. The molecule has 0 bridgehead atoms. The number of rotatable bonds is 4. The third-order valence-corrected chi connectivity index (χ3v) is 9.21. The van der Waals surface area contributed by atoms with Crippen LogP contribution in [-0.4, -0.2) is 0 Å². The van der Waals surface area contributed by atoms with Crippen molar-refractivity contribution in [2.75, 3.05) is 4.90 Å². The summed E-state index contributed by atoms with van der Waals surface area (Å²) in [6.07, 6.45) is 11.4. The first-order chi connectivity index (χ1) is 21.8. The molecule has 0 N–H and O–H groups in total. The zero-order chi connectivity index (χ0) is 29.0. The molecule has 44 heavy (non-hydrogen) atoms. The van der Waals surface area contributed by atoms with Crippen molar-refractivity contribution in [2.24, 2.45) is 5.92 Å². The number of benzene rings is 6. The van der Waals surface area contributed by atoms with E-state index in [1.807, 2.05) is 0 Å². The number of furan rings is 1. The maximum Gasteiger partial charge on any atom is 0.135 e. The van der Waals surface area contributed by atoms with Crippen LogP contribution in [0.25, 0.3) is 49.7 Å². The Labute approximate surface area is 256 Å². The normalized spacial score (nSPS) is 17.0. The van der Waals surface area contributed by atoms with Gasteiger partial charge >= 0.3 is 0 Å². The van der Waals surface area contributed by atoms with E-state index in [-0.39, 0.29) is 11.8 Å². The van der Waals surface area contributed by atoms with Gasteiger partial charge < -0.3 is 9.32 Å². The van der Waals surface area contributed by atoms with Gasteiger partial charge in [0.1, 0.15) is 11.3 Å². The summed E-state index contributed by atoms with van der Waals surface area (Å²) in [6.45, 7) is 0. The molecule has 0 saturated heterocycles. The van der Waals surface area contributed by atoms with Crippen LogP contribution >= 0.6 is 0 Å². The van der Waals surface area contributed by atoms with Crippen LogP contribution in [0.1, 0.15) is 17.2 Å². The van der Waals surface area contributed by atoms with Crippen LogP contribution in [0.5, 0.6) is 0 Å². The van der Waals surface area contributed by atoms with Gasteiger partial charge in [-0.2, -0.15) is 0 Å². The lowest BCUT2D eigenvalue weighted by Crippen LogP contribution is -2.28. The lowest BCUT2D eigenvalue weighted by molar-refractivity contribution is 0.480. The predicted octanol–water partition coefficient (Wildman–Crippen LogP) is 11.4. The lowest BCUT2D eigenvalue weighted by atomic mass is 9.77. The zero-order valence-corrected chi connectivity index (χ0v) is 24.1. The number of fused-ring (bicyclic) bond motifs is 7. The molecule has 2 nitrogen and oxygen atoms in total. The molecule has 1 unspecified atom stereocenters. The van der Waals surface area contributed by atoms with Crippen molar-refractivity contribution in [3.05, 3.63) is 175 Å². The Morgan fingerprint density at radius 3 is 2.00 bits per heavy atom. The molecular formula is C42H29NO.